The van der Waals surface area contributed by atoms with Gasteiger partial charge in [0.1, 0.15) is 11.6 Å². The third-order valence-corrected chi connectivity index (χ3v) is 4.22. The van der Waals surface area contributed by atoms with Gasteiger partial charge in [-0.3, -0.25) is 4.99 Å². The lowest BCUT2D eigenvalue weighted by Gasteiger charge is -2.14. The van der Waals surface area contributed by atoms with Gasteiger partial charge in [-0.1, -0.05) is 22.0 Å². The molecule has 0 saturated carbocycles. The second-order valence-corrected chi connectivity index (χ2v) is 6.31. The summed E-state index contributed by atoms with van der Waals surface area (Å²) in [5.74, 6) is 1.80. The summed E-state index contributed by atoms with van der Waals surface area (Å²) < 4.78 is 12.5. The van der Waals surface area contributed by atoms with Crippen LogP contribution in [0.2, 0.25) is 0 Å². The van der Waals surface area contributed by atoms with E-state index in [1.807, 2.05) is 13.0 Å². The third kappa shape index (κ3) is 4.03. The van der Waals surface area contributed by atoms with Gasteiger partial charge in [-0.05, 0) is 42.0 Å². The normalized spacial score (nSPS) is 13.9. The van der Waals surface area contributed by atoms with Crippen LogP contribution < -0.4 is 10.1 Å². The maximum Gasteiger partial charge on any atom is 0.132 e. The summed E-state index contributed by atoms with van der Waals surface area (Å²) >= 11 is 3.53. The van der Waals surface area contributed by atoms with Gasteiger partial charge in [-0.2, -0.15) is 0 Å². The molecule has 3 rings (SSSR count). The molecule has 0 bridgehead atoms. The number of hydrogen-bond donors (Lipinski definition) is 1. The van der Waals surface area contributed by atoms with Crippen LogP contribution in [0.3, 0.4) is 0 Å². The Morgan fingerprint density at radius 3 is 2.87 bits per heavy atom. The largest absolute Gasteiger partial charge is 0.493 e. The monoisotopic (exact) mass is 376 g/mol. The molecule has 1 N–H and O–H groups in total. The summed E-state index contributed by atoms with van der Waals surface area (Å²) in [4.78, 5) is 4.54. The molecular formula is C18H21BrN2O2. The molecule has 0 unspecified atom stereocenters. The average Bonchev–Trinajstić information content (AvgIpc) is 3.08. The minimum atomic E-state index is 0.641. The molecule has 0 aromatic heterocycles. The first-order chi connectivity index (χ1) is 11.3. The molecule has 2 aromatic rings. The Morgan fingerprint density at radius 1 is 1.17 bits per heavy atom. The molecule has 4 nitrogen and oxygen atoms in total. The smallest absolute Gasteiger partial charge is 0.132 e. The minimum absolute atomic E-state index is 0.641. The van der Waals surface area contributed by atoms with E-state index in [9.17, 15) is 0 Å². The van der Waals surface area contributed by atoms with Gasteiger partial charge in [0, 0.05) is 30.7 Å². The second kappa shape index (κ2) is 7.79. The molecule has 23 heavy (non-hydrogen) atoms. The molecule has 1 aliphatic heterocycles. The van der Waals surface area contributed by atoms with Crippen molar-refractivity contribution in [2.24, 2.45) is 4.99 Å². The van der Waals surface area contributed by atoms with Gasteiger partial charge in [0.05, 0.1) is 18.7 Å². The standard InChI is InChI=1S/C18H21BrN2O2/c1-2-22-8-3-9-23-17-12-13-4-5-15(19)10-14(13)11-16(17)18-20-6-7-21-18/h4-5,10-12H,2-3,6-9H2,1H3,(H,20,21). The zero-order valence-corrected chi connectivity index (χ0v) is 14.9. The quantitative estimate of drug-likeness (QED) is 0.748. The zero-order chi connectivity index (χ0) is 16.1. The van der Waals surface area contributed by atoms with Crippen molar-refractivity contribution in [3.63, 3.8) is 0 Å². The lowest BCUT2D eigenvalue weighted by Crippen LogP contribution is -2.20. The summed E-state index contributed by atoms with van der Waals surface area (Å²) in [7, 11) is 0. The number of ether oxygens (including phenoxy) is 2. The zero-order valence-electron chi connectivity index (χ0n) is 13.3. The molecule has 0 spiro atoms. The topological polar surface area (TPSA) is 42.9 Å². The fourth-order valence-corrected chi connectivity index (χ4v) is 3.00. The summed E-state index contributed by atoms with van der Waals surface area (Å²) in [5.41, 5.74) is 1.03. The van der Waals surface area contributed by atoms with E-state index < -0.39 is 0 Å². The van der Waals surface area contributed by atoms with Gasteiger partial charge < -0.3 is 14.8 Å². The average molecular weight is 377 g/mol. The maximum absolute atomic E-state index is 6.02. The van der Waals surface area contributed by atoms with Crippen LogP contribution in [0.1, 0.15) is 18.9 Å². The van der Waals surface area contributed by atoms with E-state index in [4.69, 9.17) is 9.47 Å². The van der Waals surface area contributed by atoms with Crippen molar-refractivity contribution in [3.8, 4) is 5.75 Å². The lowest BCUT2D eigenvalue weighted by molar-refractivity contribution is 0.131. The van der Waals surface area contributed by atoms with Crippen molar-refractivity contribution < 1.29 is 9.47 Å². The Balaban J connectivity index is 1.87. The summed E-state index contributed by atoms with van der Waals surface area (Å²) in [6.07, 6.45) is 0.881. The Kier molecular flexibility index (Phi) is 5.51. The van der Waals surface area contributed by atoms with Gasteiger partial charge >= 0.3 is 0 Å². The van der Waals surface area contributed by atoms with E-state index >= 15 is 0 Å². The molecule has 122 valence electrons. The van der Waals surface area contributed by atoms with Gasteiger partial charge in [0.25, 0.3) is 0 Å². The molecule has 0 saturated heterocycles. The fourth-order valence-electron chi connectivity index (χ4n) is 2.62. The first-order valence-electron chi connectivity index (χ1n) is 8.00. The highest BCUT2D eigenvalue weighted by Gasteiger charge is 2.15. The van der Waals surface area contributed by atoms with Crippen LogP contribution in [0, 0.1) is 0 Å². The van der Waals surface area contributed by atoms with E-state index in [2.05, 4.69) is 50.5 Å². The highest BCUT2D eigenvalue weighted by atomic mass is 79.9. The SMILES string of the molecule is CCOCCCOc1cc2ccc(Br)cc2cc1C1=NCCN1. The molecule has 1 aliphatic rings. The predicted molar refractivity (Wildman–Crippen MR) is 97.7 cm³/mol. The molecular weight excluding hydrogens is 356 g/mol. The van der Waals surface area contributed by atoms with Gasteiger partial charge in [-0.25, -0.2) is 0 Å². The van der Waals surface area contributed by atoms with Crippen molar-refractivity contribution >= 4 is 32.5 Å². The molecule has 0 aliphatic carbocycles. The molecule has 5 heteroatoms. The molecule has 1 heterocycles. The first-order valence-corrected chi connectivity index (χ1v) is 8.80. The van der Waals surface area contributed by atoms with Crippen molar-refractivity contribution in [2.45, 2.75) is 13.3 Å². The molecule has 2 aromatic carbocycles. The fraction of sp³-hybridized carbons (Fsp3) is 0.389. The molecule has 0 fully saturated rings. The maximum atomic E-state index is 6.02. The number of fused-ring (bicyclic) bond motifs is 1. The van der Waals surface area contributed by atoms with Crippen molar-refractivity contribution in [1.29, 1.82) is 0 Å². The van der Waals surface area contributed by atoms with Crippen molar-refractivity contribution in [3.05, 3.63) is 40.4 Å². The number of amidine groups is 1. The Hall–Kier alpha value is -1.59. The van der Waals surface area contributed by atoms with Crippen LogP contribution in [0.25, 0.3) is 10.8 Å². The third-order valence-electron chi connectivity index (χ3n) is 3.72. The predicted octanol–water partition coefficient (Wildman–Crippen LogP) is 3.76. The van der Waals surface area contributed by atoms with Gasteiger partial charge in [-0.15, -0.1) is 0 Å². The molecule has 0 radical (unpaired) electrons. The number of nitrogens with one attached hydrogen (secondary N) is 1. The summed E-state index contributed by atoms with van der Waals surface area (Å²) in [5, 5.41) is 5.67. The Labute approximate surface area is 145 Å². The summed E-state index contributed by atoms with van der Waals surface area (Å²) in [6, 6.07) is 10.5. The highest BCUT2D eigenvalue weighted by molar-refractivity contribution is 9.10. The number of aliphatic imine (C=N–C) groups is 1. The molecule has 0 amide bonds. The van der Waals surface area contributed by atoms with Crippen LogP contribution in [-0.2, 0) is 4.74 Å². The Bertz CT molecular complexity index is 715. The van der Waals surface area contributed by atoms with Crippen LogP contribution in [0.5, 0.6) is 5.75 Å². The van der Waals surface area contributed by atoms with Crippen molar-refractivity contribution in [2.75, 3.05) is 32.9 Å². The van der Waals surface area contributed by atoms with E-state index in [1.165, 1.54) is 5.39 Å². The van der Waals surface area contributed by atoms with Crippen molar-refractivity contribution in [1.82, 2.24) is 5.32 Å². The van der Waals surface area contributed by atoms with E-state index in [-0.39, 0.29) is 0 Å². The first kappa shape index (κ1) is 16.3. The number of nitrogens with zero attached hydrogens (tertiary/aromatic N) is 1. The van der Waals surface area contributed by atoms with Crippen LogP contribution in [-0.4, -0.2) is 38.7 Å². The van der Waals surface area contributed by atoms with Crippen LogP contribution in [0.4, 0.5) is 0 Å². The molecule has 0 atom stereocenters. The second-order valence-electron chi connectivity index (χ2n) is 5.40. The van der Waals surface area contributed by atoms with Gasteiger partial charge in [0.15, 0.2) is 0 Å². The van der Waals surface area contributed by atoms with E-state index in [0.29, 0.717) is 6.61 Å². The van der Waals surface area contributed by atoms with Crippen LogP contribution >= 0.6 is 15.9 Å². The van der Waals surface area contributed by atoms with E-state index in [0.717, 1.165) is 59.7 Å². The number of rotatable bonds is 7. The summed E-state index contributed by atoms with van der Waals surface area (Å²) in [6.45, 7) is 5.82. The van der Waals surface area contributed by atoms with E-state index in [1.54, 1.807) is 0 Å². The minimum Gasteiger partial charge on any atom is -0.493 e. The van der Waals surface area contributed by atoms with Gasteiger partial charge in [0.2, 0.25) is 0 Å². The Morgan fingerprint density at radius 2 is 2.09 bits per heavy atom. The number of halogens is 1. The highest BCUT2D eigenvalue weighted by Crippen LogP contribution is 2.29. The number of benzene rings is 2. The number of hydrogen-bond acceptors (Lipinski definition) is 4. The van der Waals surface area contributed by atoms with Crippen LogP contribution in [0.15, 0.2) is 39.8 Å². The lowest BCUT2D eigenvalue weighted by atomic mass is 10.1.